The van der Waals surface area contributed by atoms with Gasteiger partial charge in [-0.1, -0.05) is 0 Å². The molecule has 7 nitrogen and oxygen atoms in total. The summed E-state index contributed by atoms with van der Waals surface area (Å²) in [6, 6.07) is 5.85. The highest BCUT2D eigenvalue weighted by Crippen LogP contribution is 2.39. The van der Waals surface area contributed by atoms with Crippen LogP contribution in [0.25, 0.3) is 0 Å². The van der Waals surface area contributed by atoms with E-state index in [0.29, 0.717) is 5.92 Å². The van der Waals surface area contributed by atoms with E-state index in [0.717, 1.165) is 21.8 Å². The van der Waals surface area contributed by atoms with Crippen molar-refractivity contribution in [3.8, 4) is 0 Å². The van der Waals surface area contributed by atoms with Crippen molar-refractivity contribution in [2.45, 2.75) is 25.0 Å². The lowest BCUT2D eigenvalue weighted by molar-refractivity contribution is 0.653. The molecule has 8 heteroatoms. The summed E-state index contributed by atoms with van der Waals surface area (Å²) in [7, 11) is 0. The number of aromatic nitrogens is 3. The Morgan fingerprint density at radius 2 is 2.04 bits per heavy atom. The van der Waals surface area contributed by atoms with Crippen LogP contribution in [0.2, 0.25) is 0 Å². The molecule has 1 saturated carbocycles. The van der Waals surface area contributed by atoms with Crippen molar-refractivity contribution in [3.63, 3.8) is 0 Å². The molecule has 2 aromatic rings. The number of aromatic amines is 1. The summed E-state index contributed by atoms with van der Waals surface area (Å²) in [6.07, 6.45) is 7.48. The van der Waals surface area contributed by atoms with Gasteiger partial charge in [0.25, 0.3) is 0 Å². The number of nitrogens with zero attached hydrogens (tertiary/aromatic N) is 3. The molecule has 0 saturated heterocycles. The second-order valence-corrected chi connectivity index (χ2v) is 6.39. The van der Waals surface area contributed by atoms with Crippen molar-refractivity contribution in [3.05, 3.63) is 46.6 Å². The summed E-state index contributed by atoms with van der Waals surface area (Å²) in [5.41, 5.74) is 2.14. The molecule has 2 aromatic heterocycles. The third-order valence-electron chi connectivity index (χ3n) is 3.71. The summed E-state index contributed by atoms with van der Waals surface area (Å²) in [6.45, 7) is 0. The molecule has 0 amide bonds. The first-order chi connectivity index (χ1) is 11.3. The zero-order chi connectivity index (χ0) is 15.6. The molecule has 2 aliphatic rings. The van der Waals surface area contributed by atoms with Gasteiger partial charge in [-0.2, -0.15) is 5.10 Å². The number of allylic oxidation sites excluding steroid dienone is 1. The molecule has 118 valence electrons. The summed E-state index contributed by atoms with van der Waals surface area (Å²) in [4.78, 5) is 8.40. The zero-order valence-electron chi connectivity index (χ0n) is 12.3. The predicted octanol–water partition coefficient (Wildman–Crippen LogP) is 2.73. The minimum absolute atomic E-state index is 0.261. The molecular weight excluding hydrogens is 358 g/mol. The van der Waals surface area contributed by atoms with Crippen molar-refractivity contribution in [1.29, 1.82) is 0 Å². The zero-order valence-corrected chi connectivity index (χ0v) is 13.8. The highest BCUT2D eigenvalue weighted by Gasteiger charge is 2.26. The quantitative estimate of drug-likeness (QED) is 0.646. The summed E-state index contributed by atoms with van der Waals surface area (Å²) >= 11 is 3.50. The smallest absolute Gasteiger partial charge is 0.195 e. The van der Waals surface area contributed by atoms with E-state index < -0.39 is 0 Å². The van der Waals surface area contributed by atoms with Crippen LogP contribution in [0.4, 0.5) is 11.5 Å². The number of nitrogens with one attached hydrogen (secondary N) is 4. The van der Waals surface area contributed by atoms with E-state index >= 15 is 0 Å². The monoisotopic (exact) mass is 373 g/mol. The fourth-order valence-corrected chi connectivity index (χ4v) is 2.69. The molecule has 4 rings (SSSR count). The average Bonchev–Trinajstić information content (AvgIpc) is 3.32. The Kier molecular flexibility index (Phi) is 3.74. The minimum Gasteiger partial charge on any atom is -0.347 e. The Morgan fingerprint density at radius 3 is 2.83 bits per heavy atom. The van der Waals surface area contributed by atoms with Crippen LogP contribution in [0.5, 0.6) is 0 Å². The van der Waals surface area contributed by atoms with E-state index in [9.17, 15) is 0 Å². The Labute approximate surface area is 141 Å². The molecule has 1 atom stereocenters. The summed E-state index contributed by atoms with van der Waals surface area (Å²) in [5, 5.41) is 17.3. The van der Waals surface area contributed by atoms with Crippen molar-refractivity contribution in [2.24, 2.45) is 4.99 Å². The maximum absolute atomic E-state index is 4.40. The number of anilines is 2. The first-order valence-corrected chi connectivity index (χ1v) is 8.25. The van der Waals surface area contributed by atoms with E-state index in [4.69, 9.17) is 0 Å². The molecule has 3 heterocycles. The summed E-state index contributed by atoms with van der Waals surface area (Å²) in [5.74, 6) is 2.27. The van der Waals surface area contributed by atoms with Gasteiger partial charge in [0, 0.05) is 42.0 Å². The van der Waals surface area contributed by atoms with Crippen molar-refractivity contribution in [1.82, 2.24) is 20.5 Å². The van der Waals surface area contributed by atoms with E-state index in [-0.39, 0.29) is 6.29 Å². The van der Waals surface area contributed by atoms with Gasteiger partial charge in [-0.25, -0.2) is 4.99 Å². The van der Waals surface area contributed by atoms with Crippen LogP contribution in [0.15, 0.2) is 45.9 Å². The van der Waals surface area contributed by atoms with Gasteiger partial charge < -0.3 is 16.0 Å². The topological polar surface area (TPSA) is 90.0 Å². The lowest BCUT2D eigenvalue weighted by Crippen LogP contribution is -2.39. The number of hydrogen-bond acceptors (Lipinski definition) is 6. The molecule has 1 unspecified atom stereocenters. The molecule has 1 aliphatic carbocycles. The largest absolute Gasteiger partial charge is 0.347 e. The van der Waals surface area contributed by atoms with E-state index in [1.54, 1.807) is 18.6 Å². The Hall–Kier alpha value is -2.35. The van der Waals surface area contributed by atoms with Crippen LogP contribution in [0.3, 0.4) is 0 Å². The maximum atomic E-state index is 4.40. The van der Waals surface area contributed by atoms with Crippen LogP contribution >= 0.6 is 15.9 Å². The number of H-pyrrole nitrogens is 1. The first kappa shape index (κ1) is 14.3. The number of pyridine rings is 1. The second-order valence-electron chi connectivity index (χ2n) is 5.54. The molecular formula is C15H16BrN7. The molecule has 0 aromatic carbocycles. The van der Waals surface area contributed by atoms with Crippen LogP contribution in [0, 0.1) is 0 Å². The maximum Gasteiger partial charge on any atom is 0.195 e. The van der Waals surface area contributed by atoms with Gasteiger partial charge in [0.15, 0.2) is 12.1 Å². The fourth-order valence-electron chi connectivity index (χ4n) is 2.35. The number of halogens is 1. The van der Waals surface area contributed by atoms with Gasteiger partial charge in [-0.15, -0.1) is 0 Å². The van der Waals surface area contributed by atoms with E-state index in [1.807, 2.05) is 12.1 Å². The van der Waals surface area contributed by atoms with E-state index in [1.165, 1.54) is 18.5 Å². The van der Waals surface area contributed by atoms with Crippen molar-refractivity contribution in [2.75, 3.05) is 10.6 Å². The molecule has 1 fully saturated rings. The van der Waals surface area contributed by atoms with Crippen molar-refractivity contribution < 1.29 is 0 Å². The van der Waals surface area contributed by atoms with E-state index in [2.05, 4.69) is 58.1 Å². The molecule has 1 aliphatic heterocycles. The normalized spacial score (nSPS) is 20.3. The molecule has 23 heavy (non-hydrogen) atoms. The first-order valence-electron chi connectivity index (χ1n) is 7.46. The summed E-state index contributed by atoms with van der Waals surface area (Å²) < 4.78 is 0.848. The van der Waals surface area contributed by atoms with Gasteiger partial charge in [0.2, 0.25) is 0 Å². The third-order valence-corrected chi connectivity index (χ3v) is 4.31. The van der Waals surface area contributed by atoms with Crippen LogP contribution in [-0.4, -0.2) is 27.7 Å². The molecule has 4 N–H and O–H groups in total. The second kappa shape index (κ2) is 6.04. The molecule has 0 spiro atoms. The SMILES string of the molecule is BrC1=C(Nc2cc(C3CC3)[nH]n2)NC(Nc2ccncc2)N=C1. The van der Waals surface area contributed by atoms with Gasteiger partial charge in [-0.05, 0) is 40.9 Å². The molecule has 0 radical (unpaired) electrons. The van der Waals surface area contributed by atoms with Gasteiger partial charge in [0.1, 0.15) is 5.82 Å². The van der Waals surface area contributed by atoms with Crippen LogP contribution in [-0.2, 0) is 0 Å². The number of aliphatic imine (C=N–C) groups is 1. The number of hydrogen-bond donors (Lipinski definition) is 4. The van der Waals surface area contributed by atoms with Gasteiger partial charge in [0.05, 0.1) is 4.48 Å². The van der Waals surface area contributed by atoms with Crippen molar-refractivity contribution >= 4 is 33.6 Å². The lowest BCUT2D eigenvalue weighted by Gasteiger charge is -2.24. The standard InChI is InChI=1S/C15H16BrN7/c16-11-8-18-15(19-10-3-5-17-6-4-10)21-14(11)20-13-7-12(22-23-13)9-1-2-9/h3-9,15,21H,1-2H2,(H,17,19)(H2,20,22,23). The Morgan fingerprint density at radius 1 is 1.22 bits per heavy atom. The van der Waals surface area contributed by atoms with Gasteiger partial charge >= 0.3 is 0 Å². The Bertz CT molecular complexity index is 748. The predicted molar refractivity (Wildman–Crippen MR) is 93.4 cm³/mol. The highest BCUT2D eigenvalue weighted by molar-refractivity contribution is 9.12. The average molecular weight is 374 g/mol. The molecule has 0 bridgehead atoms. The fraction of sp³-hybridized carbons (Fsp3) is 0.267. The minimum atomic E-state index is -0.261. The number of rotatable bonds is 5. The van der Waals surface area contributed by atoms with Crippen LogP contribution in [0.1, 0.15) is 24.5 Å². The third kappa shape index (κ3) is 3.37. The van der Waals surface area contributed by atoms with Crippen LogP contribution < -0.4 is 16.0 Å². The van der Waals surface area contributed by atoms with Gasteiger partial charge in [-0.3, -0.25) is 10.1 Å². The lowest BCUT2D eigenvalue weighted by atomic mass is 10.3. The highest BCUT2D eigenvalue weighted by atomic mass is 79.9. The Balaban J connectivity index is 1.43.